The minimum atomic E-state index is 0.221. The predicted octanol–water partition coefficient (Wildman–Crippen LogP) is 2.61. The van der Waals surface area contributed by atoms with E-state index in [1.807, 2.05) is 12.1 Å². The number of nitrogens with one attached hydrogen (secondary N) is 1. The molecule has 0 saturated carbocycles. The molecule has 1 aromatic carbocycles. The Morgan fingerprint density at radius 3 is 3.16 bits per heavy atom. The van der Waals surface area contributed by atoms with Crippen molar-refractivity contribution in [2.75, 3.05) is 20.3 Å². The molecule has 0 spiro atoms. The SMILES string of the molecule is COc1ncccc1CNC[C@H]1COCc2nc3ccc(C)cc3n21. The molecular weight excluding hydrogens is 316 g/mol. The van der Waals surface area contributed by atoms with Crippen molar-refractivity contribution < 1.29 is 9.47 Å². The van der Waals surface area contributed by atoms with Crippen LogP contribution in [0.3, 0.4) is 0 Å². The normalized spacial score (nSPS) is 16.8. The Kier molecular flexibility index (Phi) is 4.38. The van der Waals surface area contributed by atoms with Crippen molar-refractivity contribution in [1.29, 1.82) is 0 Å². The summed E-state index contributed by atoms with van der Waals surface area (Å²) in [5, 5.41) is 3.51. The van der Waals surface area contributed by atoms with Gasteiger partial charge >= 0.3 is 0 Å². The fourth-order valence-electron chi connectivity index (χ4n) is 3.39. The Morgan fingerprint density at radius 1 is 1.36 bits per heavy atom. The fraction of sp³-hybridized carbons (Fsp3) is 0.368. The summed E-state index contributed by atoms with van der Waals surface area (Å²) < 4.78 is 13.4. The van der Waals surface area contributed by atoms with Crippen LogP contribution in [0, 0.1) is 6.92 Å². The van der Waals surface area contributed by atoms with Gasteiger partial charge in [-0.05, 0) is 30.7 Å². The summed E-state index contributed by atoms with van der Waals surface area (Å²) in [6.45, 7) is 4.86. The summed E-state index contributed by atoms with van der Waals surface area (Å²) in [5.41, 5.74) is 4.51. The van der Waals surface area contributed by atoms with E-state index < -0.39 is 0 Å². The topological polar surface area (TPSA) is 61.2 Å². The van der Waals surface area contributed by atoms with Crippen LogP contribution in [-0.4, -0.2) is 34.8 Å². The number of pyridine rings is 1. The van der Waals surface area contributed by atoms with Crippen molar-refractivity contribution in [3.8, 4) is 5.88 Å². The fourth-order valence-corrected chi connectivity index (χ4v) is 3.39. The van der Waals surface area contributed by atoms with Crippen LogP contribution in [0.4, 0.5) is 0 Å². The van der Waals surface area contributed by atoms with E-state index in [1.165, 1.54) is 11.1 Å². The molecule has 6 nitrogen and oxygen atoms in total. The van der Waals surface area contributed by atoms with Crippen LogP contribution in [-0.2, 0) is 17.9 Å². The standard InChI is InChI=1S/C19H22N4O2/c1-13-5-6-16-17(8-13)23-15(11-25-12-18(23)22-16)10-20-9-14-4-3-7-21-19(14)24-2/h3-8,15,20H,9-12H2,1-2H3/t15-/m0/s1. The van der Waals surface area contributed by atoms with Crippen LogP contribution in [0.15, 0.2) is 36.5 Å². The van der Waals surface area contributed by atoms with E-state index in [0.717, 1.165) is 23.4 Å². The largest absolute Gasteiger partial charge is 0.481 e. The van der Waals surface area contributed by atoms with Gasteiger partial charge < -0.3 is 19.4 Å². The first-order valence-corrected chi connectivity index (χ1v) is 8.50. The summed E-state index contributed by atoms with van der Waals surface area (Å²) in [4.78, 5) is 8.96. The molecule has 1 N–H and O–H groups in total. The molecular formula is C19H22N4O2. The average Bonchev–Trinajstić information content (AvgIpc) is 3.00. The maximum absolute atomic E-state index is 5.76. The van der Waals surface area contributed by atoms with Gasteiger partial charge in [0.1, 0.15) is 12.4 Å². The molecule has 2 aromatic heterocycles. The maximum atomic E-state index is 5.76. The number of benzene rings is 1. The number of hydrogen-bond acceptors (Lipinski definition) is 5. The molecule has 130 valence electrons. The monoisotopic (exact) mass is 338 g/mol. The van der Waals surface area contributed by atoms with Crippen molar-refractivity contribution in [3.63, 3.8) is 0 Å². The lowest BCUT2D eigenvalue weighted by molar-refractivity contribution is 0.0564. The van der Waals surface area contributed by atoms with Crippen LogP contribution in [0.5, 0.6) is 5.88 Å². The van der Waals surface area contributed by atoms with E-state index in [4.69, 9.17) is 14.5 Å². The first-order chi connectivity index (χ1) is 12.3. The van der Waals surface area contributed by atoms with Crippen LogP contribution in [0.2, 0.25) is 0 Å². The van der Waals surface area contributed by atoms with Crippen molar-refractivity contribution in [2.24, 2.45) is 0 Å². The van der Waals surface area contributed by atoms with E-state index >= 15 is 0 Å². The highest BCUT2D eigenvalue weighted by molar-refractivity contribution is 5.77. The van der Waals surface area contributed by atoms with Gasteiger partial charge in [-0.15, -0.1) is 0 Å². The molecule has 0 amide bonds. The molecule has 1 atom stereocenters. The summed E-state index contributed by atoms with van der Waals surface area (Å²) in [6, 6.07) is 10.6. The average molecular weight is 338 g/mol. The van der Waals surface area contributed by atoms with Gasteiger partial charge in [-0.2, -0.15) is 0 Å². The third-order valence-corrected chi connectivity index (χ3v) is 4.56. The summed E-state index contributed by atoms with van der Waals surface area (Å²) in [6.07, 6.45) is 1.74. The molecule has 1 aliphatic rings. The lowest BCUT2D eigenvalue weighted by Gasteiger charge is -2.26. The number of nitrogens with zero attached hydrogens (tertiary/aromatic N) is 3. The van der Waals surface area contributed by atoms with Gasteiger partial charge in [0.25, 0.3) is 0 Å². The number of fused-ring (bicyclic) bond motifs is 3. The van der Waals surface area contributed by atoms with Gasteiger partial charge in [-0.1, -0.05) is 12.1 Å². The number of hydrogen-bond donors (Lipinski definition) is 1. The maximum Gasteiger partial charge on any atom is 0.217 e. The second-order valence-electron chi connectivity index (χ2n) is 6.36. The first-order valence-electron chi connectivity index (χ1n) is 8.50. The smallest absolute Gasteiger partial charge is 0.217 e. The number of imidazole rings is 1. The van der Waals surface area contributed by atoms with Crippen molar-refractivity contribution in [1.82, 2.24) is 19.9 Å². The minimum Gasteiger partial charge on any atom is -0.481 e. The van der Waals surface area contributed by atoms with Gasteiger partial charge in [0.2, 0.25) is 5.88 Å². The summed E-state index contributed by atoms with van der Waals surface area (Å²) >= 11 is 0. The Bertz CT molecular complexity index is 890. The van der Waals surface area contributed by atoms with Crippen LogP contribution in [0.25, 0.3) is 11.0 Å². The second kappa shape index (κ2) is 6.82. The third kappa shape index (κ3) is 3.10. The zero-order valence-electron chi connectivity index (χ0n) is 14.5. The van der Waals surface area contributed by atoms with Crippen molar-refractivity contribution in [2.45, 2.75) is 26.1 Å². The first kappa shape index (κ1) is 16.1. The zero-order valence-corrected chi connectivity index (χ0v) is 14.5. The van der Waals surface area contributed by atoms with Crippen LogP contribution in [0.1, 0.15) is 23.0 Å². The van der Waals surface area contributed by atoms with E-state index in [0.29, 0.717) is 25.6 Å². The van der Waals surface area contributed by atoms with Gasteiger partial charge in [0.15, 0.2) is 0 Å². The molecule has 3 aromatic rings. The molecule has 25 heavy (non-hydrogen) atoms. The number of ether oxygens (including phenoxy) is 2. The highest BCUT2D eigenvalue weighted by Crippen LogP contribution is 2.26. The molecule has 6 heteroatoms. The Labute approximate surface area is 146 Å². The predicted molar refractivity (Wildman–Crippen MR) is 95.7 cm³/mol. The van der Waals surface area contributed by atoms with Crippen LogP contribution >= 0.6 is 0 Å². The highest BCUT2D eigenvalue weighted by atomic mass is 16.5. The Morgan fingerprint density at radius 2 is 2.28 bits per heavy atom. The summed E-state index contributed by atoms with van der Waals surface area (Å²) in [7, 11) is 1.65. The van der Waals surface area contributed by atoms with Gasteiger partial charge in [0, 0.05) is 24.8 Å². The number of methoxy groups -OCH3 is 1. The molecule has 0 saturated heterocycles. The molecule has 0 bridgehead atoms. The molecule has 3 heterocycles. The van der Waals surface area contributed by atoms with E-state index in [1.54, 1.807) is 13.3 Å². The second-order valence-corrected chi connectivity index (χ2v) is 6.36. The Hall–Kier alpha value is -2.44. The minimum absolute atomic E-state index is 0.221. The van der Waals surface area contributed by atoms with Crippen molar-refractivity contribution in [3.05, 3.63) is 53.5 Å². The van der Waals surface area contributed by atoms with Gasteiger partial charge in [-0.3, -0.25) is 0 Å². The number of aryl methyl sites for hydroxylation is 1. The van der Waals surface area contributed by atoms with E-state index in [2.05, 4.69) is 40.0 Å². The Balaban J connectivity index is 1.53. The lowest BCUT2D eigenvalue weighted by Crippen LogP contribution is -2.32. The van der Waals surface area contributed by atoms with Gasteiger partial charge in [-0.25, -0.2) is 9.97 Å². The third-order valence-electron chi connectivity index (χ3n) is 4.56. The van der Waals surface area contributed by atoms with E-state index in [-0.39, 0.29) is 6.04 Å². The summed E-state index contributed by atoms with van der Waals surface area (Å²) in [5.74, 6) is 1.66. The van der Waals surface area contributed by atoms with Crippen molar-refractivity contribution >= 4 is 11.0 Å². The van der Waals surface area contributed by atoms with E-state index in [9.17, 15) is 0 Å². The van der Waals surface area contributed by atoms with Gasteiger partial charge in [0.05, 0.1) is 30.8 Å². The molecule has 0 fully saturated rings. The quantitative estimate of drug-likeness (QED) is 0.775. The highest BCUT2D eigenvalue weighted by Gasteiger charge is 2.23. The molecule has 4 rings (SSSR count). The lowest BCUT2D eigenvalue weighted by atomic mass is 10.2. The number of aromatic nitrogens is 3. The molecule has 1 aliphatic heterocycles. The zero-order chi connectivity index (χ0) is 17.2. The number of rotatable bonds is 5. The molecule has 0 unspecified atom stereocenters. The molecule has 0 aliphatic carbocycles. The van der Waals surface area contributed by atoms with Crippen LogP contribution < -0.4 is 10.1 Å². The molecule has 0 radical (unpaired) electrons.